The minimum Gasteiger partial charge on any atom is -0.454 e. The van der Waals surface area contributed by atoms with Gasteiger partial charge in [-0.25, -0.2) is 0 Å². The zero-order valence-electron chi connectivity index (χ0n) is 9.40. The Bertz CT molecular complexity index is 354. The molecule has 1 atom stereocenters. The quantitative estimate of drug-likeness (QED) is 0.789. The Labute approximate surface area is 95.2 Å². The molecule has 1 aromatic rings. The molecule has 0 fully saturated rings. The molecule has 1 unspecified atom stereocenters. The van der Waals surface area contributed by atoms with Gasteiger partial charge in [-0.2, -0.15) is 0 Å². The van der Waals surface area contributed by atoms with E-state index in [0.29, 0.717) is 12.8 Å². The highest BCUT2D eigenvalue weighted by Crippen LogP contribution is 2.32. The summed E-state index contributed by atoms with van der Waals surface area (Å²) in [5, 5.41) is 12.1. The summed E-state index contributed by atoms with van der Waals surface area (Å²) in [6.07, 6.45) is 0.768. The summed E-state index contributed by atoms with van der Waals surface area (Å²) in [5.41, 5.74) is 1.16. The normalized spacial score (nSPS) is 15.1. The predicted molar refractivity (Wildman–Crippen MR) is 60.6 cm³/mol. The molecule has 0 aromatic heterocycles. The molecule has 1 aromatic carbocycles. The molecule has 4 nitrogen and oxygen atoms in total. The number of benzene rings is 1. The van der Waals surface area contributed by atoms with Crippen molar-refractivity contribution < 1.29 is 14.6 Å². The lowest BCUT2D eigenvalue weighted by Crippen LogP contribution is -2.26. The molecule has 1 aliphatic heterocycles. The van der Waals surface area contributed by atoms with E-state index in [0.717, 1.165) is 30.0 Å². The Balaban J connectivity index is 1.90. The van der Waals surface area contributed by atoms with Crippen LogP contribution < -0.4 is 14.8 Å². The number of nitrogens with one attached hydrogen (secondary N) is 1. The van der Waals surface area contributed by atoms with Gasteiger partial charge in [-0.15, -0.1) is 0 Å². The smallest absolute Gasteiger partial charge is 0.231 e. The van der Waals surface area contributed by atoms with Crippen LogP contribution in [0.25, 0.3) is 0 Å². The minimum atomic E-state index is 0.218. The molecule has 1 aliphatic rings. The summed E-state index contributed by atoms with van der Waals surface area (Å²) < 4.78 is 10.5. The van der Waals surface area contributed by atoms with E-state index in [-0.39, 0.29) is 6.61 Å². The van der Waals surface area contributed by atoms with E-state index in [9.17, 15) is 0 Å². The van der Waals surface area contributed by atoms with Crippen LogP contribution in [0.2, 0.25) is 0 Å². The summed E-state index contributed by atoms with van der Waals surface area (Å²) in [5.74, 6) is 1.63. The van der Waals surface area contributed by atoms with Gasteiger partial charge in [0.15, 0.2) is 11.5 Å². The molecule has 0 spiro atoms. The van der Waals surface area contributed by atoms with E-state index < -0.39 is 0 Å². The number of aliphatic hydroxyl groups excluding tert-OH is 1. The maximum atomic E-state index is 8.78. The third kappa shape index (κ3) is 2.65. The first-order valence-corrected chi connectivity index (χ1v) is 5.52. The topological polar surface area (TPSA) is 50.7 Å². The van der Waals surface area contributed by atoms with Crippen LogP contribution in [0.1, 0.15) is 18.9 Å². The van der Waals surface area contributed by atoms with Gasteiger partial charge in [-0.1, -0.05) is 6.07 Å². The Kier molecular flexibility index (Phi) is 3.64. The third-order valence-electron chi connectivity index (χ3n) is 2.65. The summed E-state index contributed by atoms with van der Waals surface area (Å²) >= 11 is 0. The molecule has 2 N–H and O–H groups in total. The average Bonchev–Trinajstić information content (AvgIpc) is 2.74. The highest BCUT2D eigenvalue weighted by atomic mass is 16.7. The molecule has 88 valence electrons. The fourth-order valence-corrected chi connectivity index (χ4v) is 1.64. The lowest BCUT2D eigenvalue weighted by atomic mass is 10.2. The van der Waals surface area contributed by atoms with Crippen molar-refractivity contribution in [2.75, 3.05) is 13.4 Å². The van der Waals surface area contributed by atoms with E-state index in [1.807, 2.05) is 18.2 Å². The molecule has 0 aliphatic carbocycles. The summed E-state index contributed by atoms with van der Waals surface area (Å²) in [6.45, 7) is 3.36. The maximum Gasteiger partial charge on any atom is 0.231 e. The van der Waals surface area contributed by atoms with Crippen molar-refractivity contribution in [3.8, 4) is 11.5 Å². The highest BCUT2D eigenvalue weighted by molar-refractivity contribution is 5.44. The largest absolute Gasteiger partial charge is 0.454 e. The van der Waals surface area contributed by atoms with Crippen molar-refractivity contribution in [3.63, 3.8) is 0 Å². The second kappa shape index (κ2) is 5.18. The predicted octanol–water partition coefficient (Wildman–Crippen LogP) is 1.28. The van der Waals surface area contributed by atoms with Crippen LogP contribution >= 0.6 is 0 Å². The van der Waals surface area contributed by atoms with Gasteiger partial charge in [0, 0.05) is 19.2 Å². The summed E-state index contributed by atoms with van der Waals surface area (Å²) in [6, 6.07) is 6.25. The zero-order valence-corrected chi connectivity index (χ0v) is 9.40. The van der Waals surface area contributed by atoms with Crippen molar-refractivity contribution in [1.82, 2.24) is 5.32 Å². The van der Waals surface area contributed by atoms with Gasteiger partial charge >= 0.3 is 0 Å². The van der Waals surface area contributed by atoms with Gasteiger partial charge in [0.25, 0.3) is 0 Å². The number of aliphatic hydroxyl groups is 1. The van der Waals surface area contributed by atoms with E-state index >= 15 is 0 Å². The second-order valence-corrected chi connectivity index (χ2v) is 3.98. The number of rotatable bonds is 5. The molecular formula is C12H17NO3. The fourth-order valence-electron chi connectivity index (χ4n) is 1.64. The Hall–Kier alpha value is -1.26. The van der Waals surface area contributed by atoms with Crippen molar-refractivity contribution in [1.29, 1.82) is 0 Å². The van der Waals surface area contributed by atoms with Crippen LogP contribution in [0.15, 0.2) is 18.2 Å². The van der Waals surface area contributed by atoms with Gasteiger partial charge < -0.3 is 19.9 Å². The first-order chi connectivity index (χ1) is 7.79. The van der Waals surface area contributed by atoms with Crippen molar-refractivity contribution in [2.24, 2.45) is 0 Å². The first kappa shape index (κ1) is 11.2. The van der Waals surface area contributed by atoms with Crippen LogP contribution in [-0.2, 0) is 6.54 Å². The van der Waals surface area contributed by atoms with Crippen LogP contribution in [-0.4, -0.2) is 24.5 Å². The van der Waals surface area contributed by atoms with Crippen molar-refractivity contribution in [2.45, 2.75) is 25.9 Å². The molecule has 1 heterocycles. The maximum absolute atomic E-state index is 8.78. The molecule has 0 saturated carbocycles. The van der Waals surface area contributed by atoms with Gasteiger partial charge in [-0.3, -0.25) is 0 Å². The van der Waals surface area contributed by atoms with Crippen LogP contribution in [0.5, 0.6) is 11.5 Å². The summed E-state index contributed by atoms with van der Waals surface area (Å²) in [4.78, 5) is 0. The first-order valence-electron chi connectivity index (χ1n) is 5.52. The number of hydrogen-bond donors (Lipinski definition) is 2. The summed E-state index contributed by atoms with van der Waals surface area (Å²) in [7, 11) is 0. The Morgan fingerprint density at radius 2 is 2.19 bits per heavy atom. The molecule has 0 radical (unpaired) electrons. The number of fused-ring (bicyclic) bond motifs is 1. The Morgan fingerprint density at radius 3 is 3.00 bits per heavy atom. The van der Waals surface area contributed by atoms with E-state index in [4.69, 9.17) is 14.6 Å². The van der Waals surface area contributed by atoms with E-state index in [1.165, 1.54) is 0 Å². The van der Waals surface area contributed by atoms with Gasteiger partial charge in [-0.05, 0) is 31.0 Å². The van der Waals surface area contributed by atoms with Gasteiger partial charge in [0.2, 0.25) is 6.79 Å². The van der Waals surface area contributed by atoms with Crippen molar-refractivity contribution >= 4 is 0 Å². The van der Waals surface area contributed by atoms with Crippen LogP contribution in [0.3, 0.4) is 0 Å². The number of hydrogen-bond acceptors (Lipinski definition) is 4. The van der Waals surface area contributed by atoms with Gasteiger partial charge in [0.05, 0.1) is 0 Å². The lowest BCUT2D eigenvalue weighted by Gasteiger charge is -2.12. The third-order valence-corrected chi connectivity index (χ3v) is 2.65. The highest BCUT2D eigenvalue weighted by Gasteiger charge is 2.13. The minimum absolute atomic E-state index is 0.218. The standard InChI is InChI=1S/C12H17NO3/c1-9(4-5-14)13-7-10-2-3-11-12(6-10)16-8-15-11/h2-3,6,9,13-14H,4-5,7-8H2,1H3. The molecule has 0 amide bonds. The molecule has 4 heteroatoms. The van der Waals surface area contributed by atoms with Gasteiger partial charge in [0.1, 0.15) is 0 Å². The van der Waals surface area contributed by atoms with Crippen molar-refractivity contribution in [3.05, 3.63) is 23.8 Å². The lowest BCUT2D eigenvalue weighted by molar-refractivity contribution is 0.174. The molecule has 2 rings (SSSR count). The van der Waals surface area contributed by atoms with E-state index in [2.05, 4.69) is 12.2 Å². The molecular weight excluding hydrogens is 206 g/mol. The molecule has 0 saturated heterocycles. The monoisotopic (exact) mass is 223 g/mol. The van der Waals surface area contributed by atoms with Crippen LogP contribution in [0, 0.1) is 0 Å². The molecule has 16 heavy (non-hydrogen) atoms. The number of ether oxygens (including phenoxy) is 2. The molecule has 0 bridgehead atoms. The Morgan fingerprint density at radius 1 is 1.38 bits per heavy atom. The van der Waals surface area contributed by atoms with Crippen LogP contribution in [0.4, 0.5) is 0 Å². The second-order valence-electron chi connectivity index (χ2n) is 3.98. The zero-order chi connectivity index (χ0) is 11.4. The van der Waals surface area contributed by atoms with E-state index in [1.54, 1.807) is 0 Å². The SMILES string of the molecule is CC(CCO)NCc1ccc2c(c1)OCO2. The average molecular weight is 223 g/mol. The fraction of sp³-hybridized carbons (Fsp3) is 0.500.